The van der Waals surface area contributed by atoms with E-state index in [-0.39, 0.29) is 0 Å². The first kappa shape index (κ1) is 13.2. The Bertz CT molecular complexity index is 300. The van der Waals surface area contributed by atoms with Crippen LogP contribution in [0.25, 0.3) is 0 Å². The van der Waals surface area contributed by atoms with Crippen molar-refractivity contribution in [3.05, 3.63) is 26.8 Å². The van der Waals surface area contributed by atoms with Crippen molar-refractivity contribution in [3.8, 4) is 0 Å². The van der Waals surface area contributed by atoms with Crippen molar-refractivity contribution in [2.45, 2.75) is 26.3 Å². The molecule has 0 aliphatic rings. The summed E-state index contributed by atoms with van der Waals surface area (Å²) in [5.74, 6) is -1.50. The Morgan fingerprint density at radius 2 is 2.20 bits per heavy atom. The first-order valence-electron chi connectivity index (χ1n) is 4.42. The zero-order valence-electron chi connectivity index (χ0n) is 8.54. The van der Waals surface area contributed by atoms with Gasteiger partial charge in [0.2, 0.25) is 6.04 Å². The molecule has 7 heteroatoms. The maximum atomic E-state index is 10.7. The second kappa shape index (κ2) is 5.84. The molecule has 0 aliphatic heterocycles. The number of nitrogens with two attached hydrogens (primary N) is 1. The monoisotopic (exact) mass is 215 g/mol. The molecular weight excluding hydrogens is 202 g/mol. The number of nitrogens with zero attached hydrogens (tertiary/aromatic N) is 2. The van der Waals surface area contributed by atoms with Crippen LogP contribution in [0.1, 0.15) is 20.3 Å². The minimum Gasteiger partial charge on any atom is -0.364 e. The van der Waals surface area contributed by atoms with Gasteiger partial charge in [0.25, 0.3) is 5.91 Å². The molecule has 15 heavy (non-hydrogen) atoms. The molecule has 2 unspecified atom stereocenters. The number of hydrogen-bond donors (Lipinski definition) is 1. The van der Waals surface area contributed by atoms with E-state index < -0.39 is 28.5 Å². The maximum absolute atomic E-state index is 10.7. The summed E-state index contributed by atoms with van der Waals surface area (Å²) in [6.45, 7) is 3.11. The quantitative estimate of drug-likeness (QED) is 0.305. The summed E-state index contributed by atoms with van der Waals surface area (Å²) in [6, 6.07) is -0.883. The predicted octanol–water partition coefficient (Wildman–Crippen LogP) is 0.813. The van der Waals surface area contributed by atoms with E-state index in [1.54, 1.807) is 6.92 Å². The van der Waals surface area contributed by atoms with Gasteiger partial charge in [-0.05, 0) is 17.7 Å². The van der Waals surface area contributed by atoms with Crippen molar-refractivity contribution in [1.29, 1.82) is 0 Å². The SMILES string of the molecule is CCC(C=C(N=O)C(N)=O)C(C)[N+](=O)[O-]. The zero-order chi connectivity index (χ0) is 12.0. The highest BCUT2D eigenvalue weighted by Gasteiger charge is 2.24. The fraction of sp³-hybridized carbons (Fsp3) is 0.625. The van der Waals surface area contributed by atoms with E-state index in [1.165, 1.54) is 6.92 Å². The molecule has 0 aromatic rings. The third-order valence-electron chi connectivity index (χ3n) is 2.15. The van der Waals surface area contributed by atoms with E-state index in [0.29, 0.717) is 6.42 Å². The van der Waals surface area contributed by atoms with Crippen LogP contribution in [0.4, 0.5) is 0 Å². The fourth-order valence-corrected chi connectivity index (χ4v) is 1.11. The Labute approximate surface area is 86.5 Å². The highest BCUT2D eigenvalue weighted by atomic mass is 16.6. The minimum absolute atomic E-state index is 0.425. The molecule has 0 rings (SSSR count). The van der Waals surface area contributed by atoms with Crippen molar-refractivity contribution < 1.29 is 9.72 Å². The Hall–Kier alpha value is -1.79. The summed E-state index contributed by atoms with van der Waals surface area (Å²) in [5, 5.41) is 12.9. The average molecular weight is 215 g/mol. The number of hydrogen-bond acceptors (Lipinski definition) is 5. The van der Waals surface area contributed by atoms with E-state index in [1.807, 2.05) is 0 Å². The van der Waals surface area contributed by atoms with E-state index >= 15 is 0 Å². The standard InChI is InChI=1S/C8H13N3O4/c1-3-6(5(2)11(14)15)4-7(10-13)8(9)12/h4-6H,3H2,1-2H3,(H2,9,12). The zero-order valence-corrected chi connectivity index (χ0v) is 8.54. The van der Waals surface area contributed by atoms with Gasteiger partial charge in [-0.15, -0.1) is 4.91 Å². The van der Waals surface area contributed by atoms with Gasteiger partial charge in [0.15, 0.2) is 5.70 Å². The molecule has 0 bridgehead atoms. The van der Waals surface area contributed by atoms with Crippen LogP contribution in [0.3, 0.4) is 0 Å². The third kappa shape index (κ3) is 3.84. The molecule has 0 radical (unpaired) electrons. The molecule has 0 aromatic heterocycles. The van der Waals surface area contributed by atoms with E-state index in [4.69, 9.17) is 5.73 Å². The van der Waals surface area contributed by atoms with Gasteiger partial charge < -0.3 is 5.73 Å². The molecule has 0 heterocycles. The summed E-state index contributed by atoms with van der Waals surface area (Å²) < 4.78 is 0. The van der Waals surface area contributed by atoms with Gasteiger partial charge in [0.1, 0.15) is 0 Å². The first-order chi connectivity index (χ1) is 6.93. The number of carbonyl (C=O) groups excluding carboxylic acids is 1. The lowest BCUT2D eigenvalue weighted by Gasteiger charge is -2.11. The minimum atomic E-state index is -0.973. The number of amides is 1. The lowest BCUT2D eigenvalue weighted by molar-refractivity contribution is -0.525. The summed E-state index contributed by atoms with van der Waals surface area (Å²) in [6.07, 6.45) is 1.58. The Morgan fingerprint density at radius 3 is 2.47 bits per heavy atom. The van der Waals surface area contributed by atoms with E-state index in [2.05, 4.69) is 5.18 Å². The second-order valence-electron chi connectivity index (χ2n) is 3.11. The fourth-order valence-electron chi connectivity index (χ4n) is 1.11. The van der Waals surface area contributed by atoms with Crippen LogP contribution >= 0.6 is 0 Å². The Kier molecular flexibility index (Phi) is 5.14. The smallest absolute Gasteiger partial charge is 0.270 e. The molecule has 1 amide bonds. The number of rotatable bonds is 6. The van der Waals surface area contributed by atoms with Crippen LogP contribution in [0, 0.1) is 20.9 Å². The molecular formula is C8H13N3O4. The summed E-state index contributed by atoms with van der Waals surface area (Å²) >= 11 is 0. The summed E-state index contributed by atoms with van der Waals surface area (Å²) in [5.41, 5.74) is 4.39. The van der Waals surface area contributed by atoms with Crippen molar-refractivity contribution in [2.75, 3.05) is 0 Å². The molecule has 0 saturated heterocycles. The molecule has 0 saturated carbocycles. The second-order valence-corrected chi connectivity index (χ2v) is 3.11. The van der Waals surface area contributed by atoms with Gasteiger partial charge >= 0.3 is 0 Å². The van der Waals surface area contributed by atoms with Crippen molar-refractivity contribution in [1.82, 2.24) is 0 Å². The van der Waals surface area contributed by atoms with Crippen molar-refractivity contribution in [2.24, 2.45) is 16.8 Å². The Morgan fingerprint density at radius 1 is 1.67 bits per heavy atom. The van der Waals surface area contributed by atoms with Gasteiger partial charge in [0.05, 0.1) is 0 Å². The molecule has 7 nitrogen and oxygen atoms in total. The van der Waals surface area contributed by atoms with Crippen LogP contribution in [-0.4, -0.2) is 16.9 Å². The molecule has 2 atom stereocenters. The highest BCUT2D eigenvalue weighted by molar-refractivity contribution is 5.91. The van der Waals surface area contributed by atoms with E-state index in [9.17, 15) is 19.8 Å². The number of nitro groups is 1. The molecule has 0 fully saturated rings. The van der Waals surface area contributed by atoms with Gasteiger partial charge in [-0.3, -0.25) is 14.9 Å². The Balaban J connectivity index is 4.90. The van der Waals surface area contributed by atoms with Crippen LogP contribution in [0.5, 0.6) is 0 Å². The number of carbonyl (C=O) groups is 1. The van der Waals surface area contributed by atoms with Crippen molar-refractivity contribution >= 4 is 5.91 Å². The lowest BCUT2D eigenvalue weighted by atomic mass is 9.97. The average Bonchev–Trinajstić information content (AvgIpc) is 2.18. The normalized spacial score (nSPS) is 15.5. The largest absolute Gasteiger partial charge is 0.364 e. The van der Waals surface area contributed by atoms with Crippen molar-refractivity contribution in [3.63, 3.8) is 0 Å². The van der Waals surface area contributed by atoms with Crippen LogP contribution in [-0.2, 0) is 4.79 Å². The predicted molar refractivity (Wildman–Crippen MR) is 53.3 cm³/mol. The van der Waals surface area contributed by atoms with Gasteiger partial charge in [-0.2, -0.15) is 0 Å². The lowest BCUT2D eigenvalue weighted by Crippen LogP contribution is -2.25. The van der Waals surface area contributed by atoms with Gasteiger partial charge in [-0.25, -0.2) is 0 Å². The number of primary amides is 1. The molecule has 0 aliphatic carbocycles. The summed E-state index contributed by atoms with van der Waals surface area (Å²) in [7, 11) is 0. The molecule has 84 valence electrons. The van der Waals surface area contributed by atoms with E-state index in [0.717, 1.165) is 6.08 Å². The summed E-state index contributed by atoms with van der Waals surface area (Å²) in [4.78, 5) is 30.9. The van der Waals surface area contributed by atoms with Crippen LogP contribution in [0.2, 0.25) is 0 Å². The topological polar surface area (TPSA) is 116 Å². The number of nitroso groups, excluding NO2 is 1. The van der Waals surface area contributed by atoms with Crippen LogP contribution < -0.4 is 5.73 Å². The van der Waals surface area contributed by atoms with Gasteiger partial charge in [-0.1, -0.05) is 6.92 Å². The first-order valence-corrected chi connectivity index (χ1v) is 4.42. The van der Waals surface area contributed by atoms with Crippen LogP contribution in [0.15, 0.2) is 16.9 Å². The maximum Gasteiger partial charge on any atom is 0.270 e. The molecule has 0 aromatic carbocycles. The third-order valence-corrected chi connectivity index (χ3v) is 2.15. The molecule has 2 N–H and O–H groups in total. The van der Waals surface area contributed by atoms with Gasteiger partial charge in [0, 0.05) is 17.8 Å². The highest BCUT2D eigenvalue weighted by Crippen LogP contribution is 2.15. The molecule has 0 spiro atoms.